The normalized spacial score (nSPS) is 13.4. The molecule has 4 nitrogen and oxygen atoms in total. The lowest BCUT2D eigenvalue weighted by Crippen LogP contribution is -2.26. The van der Waals surface area contributed by atoms with Crippen LogP contribution in [0.4, 0.5) is 4.39 Å². The molecule has 0 bridgehead atoms. The highest BCUT2D eigenvalue weighted by Gasteiger charge is 2.27. The highest BCUT2D eigenvalue weighted by Crippen LogP contribution is 2.30. The summed E-state index contributed by atoms with van der Waals surface area (Å²) in [6.07, 6.45) is 0. The first kappa shape index (κ1) is 15.0. The topological polar surface area (TPSA) is 64.9 Å². The molecule has 0 unspecified atom stereocenters. The molecule has 2 aromatic rings. The van der Waals surface area contributed by atoms with E-state index in [0.717, 1.165) is 4.90 Å². The first-order valence-electron chi connectivity index (χ1n) is 6.32. The largest absolute Gasteiger partial charge is 0.338 e. The third kappa shape index (κ3) is 3.80. The van der Waals surface area contributed by atoms with Crippen LogP contribution in [-0.2, 0) is 5.75 Å². The number of halogens is 1. The van der Waals surface area contributed by atoms with Crippen molar-refractivity contribution in [1.82, 2.24) is 10.1 Å². The van der Waals surface area contributed by atoms with Gasteiger partial charge in [0, 0.05) is 4.90 Å². The Morgan fingerprint density at radius 3 is 2.80 bits per heavy atom. The van der Waals surface area contributed by atoms with E-state index < -0.39 is 0 Å². The smallest absolute Gasteiger partial charge is 0.244 e. The summed E-state index contributed by atoms with van der Waals surface area (Å²) in [7, 11) is 0. The van der Waals surface area contributed by atoms with E-state index in [-0.39, 0.29) is 17.3 Å². The molecule has 6 heteroatoms. The van der Waals surface area contributed by atoms with Crippen molar-refractivity contribution in [3.63, 3.8) is 0 Å². The van der Waals surface area contributed by atoms with Gasteiger partial charge in [-0.3, -0.25) is 0 Å². The molecule has 20 heavy (non-hydrogen) atoms. The van der Waals surface area contributed by atoms with Crippen LogP contribution in [0.3, 0.4) is 0 Å². The van der Waals surface area contributed by atoms with Crippen LogP contribution < -0.4 is 5.73 Å². The molecule has 1 aromatic carbocycles. The van der Waals surface area contributed by atoms with Crippen LogP contribution in [0.25, 0.3) is 0 Å². The molecule has 1 heterocycles. The van der Waals surface area contributed by atoms with Gasteiger partial charge in [-0.2, -0.15) is 4.98 Å². The molecule has 0 amide bonds. The Kier molecular flexibility index (Phi) is 4.45. The predicted molar refractivity (Wildman–Crippen MR) is 76.6 cm³/mol. The van der Waals surface area contributed by atoms with E-state index in [0.29, 0.717) is 17.5 Å². The first-order valence-corrected chi connectivity index (χ1v) is 7.31. The van der Waals surface area contributed by atoms with Crippen molar-refractivity contribution in [3.05, 3.63) is 41.8 Å². The van der Waals surface area contributed by atoms with E-state index in [9.17, 15) is 4.39 Å². The quantitative estimate of drug-likeness (QED) is 0.874. The van der Waals surface area contributed by atoms with Gasteiger partial charge < -0.3 is 10.3 Å². The van der Waals surface area contributed by atoms with Crippen LogP contribution in [0.5, 0.6) is 0 Å². The lowest BCUT2D eigenvalue weighted by atomic mass is 9.87. The summed E-state index contributed by atoms with van der Waals surface area (Å²) in [4.78, 5) is 5.13. The Morgan fingerprint density at radius 2 is 2.15 bits per heavy atom. The first-order chi connectivity index (χ1) is 9.36. The van der Waals surface area contributed by atoms with Gasteiger partial charge in [-0.25, -0.2) is 4.39 Å². The number of nitrogens with zero attached hydrogens (tertiary/aromatic N) is 2. The minimum atomic E-state index is -0.303. The Hall–Kier alpha value is -1.40. The molecule has 0 aliphatic rings. The number of thioether (sulfide) groups is 1. The van der Waals surface area contributed by atoms with E-state index >= 15 is 0 Å². The van der Waals surface area contributed by atoms with Crippen LogP contribution in [0.15, 0.2) is 33.7 Å². The Morgan fingerprint density at radius 1 is 1.40 bits per heavy atom. The molecular weight excluding hydrogens is 277 g/mol. The van der Waals surface area contributed by atoms with Gasteiger partial charge in [-0.05, 0) is 23.6 Å². The second-order valence-corrected chi connectivity index (χ2v) is 6.69. The maximum atomic E-state index is 13.1. The molecule has 108 valence electrons. The minimum Gasteiger partial charge on any atom is -0.338 e. The van der Waals surface area contributed by atoms with E-state index in [4.69, 9.17) is 10.3 Å². The van der Waals surface area contributed by atoms with Gasteiger partial charge in [0.15, 0.2) is 5.82 Å². The molecule has 0 aliphatic heterocycles. The summed E-state index contributed by atoms with van der Waals surface area (Å²) in [6, 6.07) is 6.11. The number of aromatic nitrogens is 2. The summed E-state index contributed by atoms with van der Waals surface area (Å²) in [5.74, 6) is 1.27. The fourth-order valence-electron chi connectivity index (χ4n) is 1.53. The van der Waals surface area contributed by atoms with Gasteiger partial charge in [0.1, 0.15) is 5.82 Å². The molecule has 0 saturated carbocycles. The second-order valence-electron chi connectivity index (χ2n) is 5.64. The second kappa shape index (κ2) is 5.93. The van der Waals surface area contributed by atoms with Crippen LogP contribution in [0.1, 0.15) is 38.5 Å². The number of benzene rings is 1. The maximum absolute atomic E-state index is 13.1. The van der Waals surface area contributed by atoms with Crippen molar-refractivity contribution >= 4 is 11.8 Å². The summed E-state index contributed by atoms with van der Waals surface area (Å²) < 4.78 is 18.2. The van der Waals surface area contributed by atoms with Gasteiger partial charge in [0.2, 0.25) is 5.89 Å². The fourth-order valence-corrected chi connectivity index (χ4v) is 2.31. The Balaban J connectivity index is 2.00. The zero-order valence-electron chi connectivity index (χ0n) is 11.8. The van der Waals surface area contributed by atoms with Gasteiger partial charge >= 0.3 is 0 Å². The zero-order chi connectivity index (χ0) is 14.8. The van der Waals surface area contributed by atoms with Crippen LogP contribution >= 0.6 is 11.8 Å². The fraction of sp³-hybridized carbons (Fsp3) is 0.429. The third-order valence-corrected chi connectivity index (χ3v) is 3.84. The molecule has 0 saturated heterocycles. The molecule has 1 atom stereocenters. The average Bonchev–Trinajstić information content (AvgIpc) is 2.83. The lowest BCUT2D eigenvalue weighted by molar-refractivity contribution is 0.252. The molecule has 0 aliphatic carbocycles. The number of nitrogens with two attached hydrogens (primary N) is 1. The van der Waals surface area contributed by atoms with Gasteiger partial charge in [0.05, 0.1) is 11.8 Å². The Labute approximate surface area is 121 Å². The highest BCUT2D eigenvalue weighted by molar-refractivity contribution is 7.98. The van der Waals surface area contributed by atoms with Crippen molar-refractivity contribution in [1.29, 1.82) is 0 Å². The number of hydrogen-bond acceptors (Lipinski definition) is 5. The van der Waals surface area contributed by atoms with E-state index in [1.165, 1.54) is 23.9 Å². The predicted octanol–water partition coefficient (Wildman–Crippen LogP) is 3.55. The van der Waals surface area contributed by atoms with Crippen LogP contribution in [-0.4, -0.2) is 10.1 Å². The molecule has 0 spiro atoms. The summed E-state index contributed by atoms with van der Waals surface area (Å²) in [5.41, 5.74) is 5.92. The van der Waals surface area contributed by atoms with Gasteiger partial charge in [-0.15, -0.1) is 11.8 Å². The molecule has 0 radical (unpaired) electrons. The third-order valence-electron chi connectivity index (χ3n) is 2.85. The van der Waals surface area contributed by atoms with Crippen LogP contribution in [0.2, 0.25) is 0 Å². The molecule has 2 rings (SSSR count). The van der Waals surface area contributed by atoms with Gasteiger partial charge in [0.25, 0.3) is 0 Å². The van der Waals surface area contributed by atoms with Crippen molar-refractivity contribution < 1.29 is 8.91 Å². The standard InChI is InChI=1S/C14H18FN3OS/c1-14(2,3)12(16)13-17-11(18-19-13)8-20-10-6-4-5-9(15)7-10/h4-7,12H,8,16H2,1-3H3/t12-/m1/s1. The van der Waals surface area contributed by atoms with E-state index in [1.54, 1.807) is 6.07 Å². The van der Waals surface area contributed by atoms with Crippen molar-refractivity contribution in [3.8, 4) is 0 Å². The summed E-state index contributed by atoms with van der Waals surface area (Å²) in [6.45, 7) is 6.05. The van der Waals surface area contributed by atoms with E-state index in [2.05, 4.69) is 10.1 Å². The zero-order valence-corrected chi connectivity index (χ0v) is 12.6. The minimum absolute atomic E-state index is 0.139. The summed E-state index contributed by atoms with van der Waals surface area (Å²) in [5, 5.41) is 3.91. The highest BCUT2D eigenvalue weighted by atomic mass is 32.2. The van der Waals surface area contributed by atoms with Crippen molar-refractivity contribution in [2.45, 2.75) is 37.5 Å². The molecule has 2 N–H and O–H groups in total. The van der Waals surface area contributed by atoms with Gasteiger partial charge in [-0.1, -0.05) is 32.0 Å². The monoisotopic (exact) mass is 295 g/mol. The van der Waals surface area contributed by atoms with Crippen LogP contribution in [0, 0.1) is 11.2 Å². The van der Waals surface area contributed by atoms with Crippen molar-refractivity contribution in [2.24, 2.45) is 11.1 Å². The molecule has 0 fully saturated rings. The van der Waals surface area contributed by atoms with E-state index in [1.807, 2.05) is 26.8 Å². The van der Waals surface area contributed by atoms with Crippen molar-refractivity contribution in [2.75, 3.05) is 0 Å². The summed E-state index contributed by atoms with van der Waals surface area (Å²) >= 11 is 1.45. The SMILES string of the molecule is CC(C)(C)[C@H](N)c1nc(CSc2cccc(F)c2)no1. The average molecular weight is 295 g/mol. The maximum Gasteiger partial charge on any atom is 0.244 e. The number of hydrogen-bond donors (Lipinski definition) is 1. The molecular formula is C14H18FN3OS. The molecule has 1 aromatic heterocycles. The lowest BCUT2D eigenvalue weighted by Gasteiger charge is -2.23. The number of rotatable bonds is 4. The Bertz CT molecular complexity index is 580.